The molecular weight excluding hydrogens is 329 g/mol. The Morgan fingerprint density at radius 1 is 1.32 bits per heavy atom. The van der Waals surface area contributed by atoms with E-state index in [1.54, 1.807) is 17.2 Å². The van der Waals surface area contributed by atoms with E-state index in [9.17, 15) is 19.1 Å². The lowest BCUT2D eigenvalue weighted by molar-refractivity contribution is -0.137. The van der Waals surface area contributed by atoms with Crippen LogP contribution in [0.2, 0.25) is 0 Å². The number of carboxylic acid groups (broad SMARTS) is 1. The molecular formula is C17H18FN3O4. The molecule has 132 valence electrons. The lowest BCUT2D eigenvalue weighted by Gasteiger charge is -2.32. The van der Waals surface area contributed by atoms with Crippen LogP contribution in [0.3, 0.4) is 0 Å². The number of aliphatic carboxylic acids is 1. The summed E-state index contributed by atoms with van der Waals surface area (Å²) in [5.41, 5.74) is 0.983. The fourth-order valence-electron chi connectivity index (χ4n) is 3.05. The van der Waals surface area contributed by atoms with Crippen LogP contribution in [0.1, 0.15) is 34.8 Å². The normalized spacial score (nSPS) is 17.5. The standard InChI is InChI=1S/C17H18FN3O4/c18-13-4-3-11(8-15(13)22)17(25)20-6-1-2-12(9-20)14-5-7-21(19-14)10-16(23)24/h3-5,7-8,12,22H,1-2,6,9-10H2,(H,23,24)/t12-/m1/s1. The Labute approximate surface area is 143 Å². The Kier molecular flexibility index (Phi) is 4.69. The number of carbonyl (C=O) groups is 2. The van der Waals surface area contributed by atoms with Gasteiger partial charge in [0.05, 0.1) is 5.69 Å². The number of amides is 1. The van der Waals surface area contributed by atoms with Crippen LogP contribution in [-0.2, 0) is 11.3 Å². The first-order valence-electron chi connectivity index (χ1n) is 7.97. The van der Waals surface area contributed by atoms with Crippen molar-refractivity contribution >= 4 is 11.9 Å². The summed E-state index contributed by atoms with van der Waals surface area (Å²) in [6.07, 6.45) is 3.25. The second kappa shape index (κ2) is 6.92. The second-order valence-corrected chi connectivity index (χ2v) is 6.09. The van der Waals surface area contributed by atoms with Gasteiger partial charge in [-0.05, 0) is 37.1 Å². The fourth-order valence-corrected chi connectivity index (χ4v) is 3.05. The van der Waals surface area contributed by atoms with Crippen molar-refractivity contribution in [1.29, 1.82) is 0 Å². The maximum absolute atomic E-state index is 13.2. The predicted molar refractivity (Wildman–Crippen MR) is 85.8 cm³/mol. The Balaban J connectivity index is 1.72. The zero-order valence-electron chi connectivity index (χ0n) is 13.4. The van der Waals surface area contributed by atoms with Gasteiger partial charge in [-0.15, -0.1) is 0 Å². The van der Waals surface area contributed by atoms with Gasteiger partial charge in [0.25, 0.3) is 5.91 Å². The molecule has 1 aromatic heterocycles. The van der Waals surface area contributed by atoms with E-state index in [0.29, 0.717) is 13.1 Å². The Morgan fingerprint density at radius 3 is 2.84 bits per heavy atom. The Hall–Kier alpha value is -2.90. The maximum Gasteiger partial charge on any atom is 0.325 e. The smallest absolute Gasteiger partial charge is 0.325 e. The van der Waals surface area contributed by atoms with Crippen molar-refractivity contribution < 1.29 is 24.2 Å². The van der Waals surface area contributed by atoms with Crippen molar-refractivity contribution in [1.82, 2.24) is 14.7 Å². The zero-order chi connectivity index (χ0) is 18.0. The molecule has 0 radical (unpaired) electrons. The van der Waals surface area contributed by atoms with Crippen LogP contribution >= 0.6 is 0 Å². The molecule has 1 aromatic carbocycles. The number of phenolic OH excluding ortho intramolecular Hbond substituents is 1. The highest BCUT2D eigenvalue weighted by atomic mass is 19.1. The van der Waals surface area contributed by atoms with Gasteiger partial charge < -0.3 is 15.1 Å². The van der Waals surface area contributed by atoms with Gasteiger partial charge in [0, 0.05) is 30.8 Å². The molecule has 0 saturated carbocycles. The molecule has 1 aliphatic heterocycles. The molecule has 0 unspecified atom stereocenters. The number of hydrogen-bond acceptors (Lipinski definition) is 4. The number of carbonyl (C=O) groups excluding carboxylic acids is 1. The summed E-state index contributed by atoms with van der Waals surface area (Å²) >= 11 is 0. The number of nitrogens with zero attached hydrogens (tertiary/aromatic N) is 3. The van der Waals surface area contributed by atoms with E-state index in [0.717, 1.165) is 30.7 Å². The quantitative estimate of drug-likeness (QED) is 0.880. The molecule has 1 aliphatic rings. The molecule has 1 saturated heterocycles. The van der Waals surface area contributed by atoms with Gasteiger partial charge in [0.1, 0.15) is 6.54 Å². The number of aromatic nitrogens is 2. The minimum absolute atomic E-state index is 0.0155. The third-order valence-corrected chi connectivity index (χ3v) is 4.28. The minimum Gasteiger partial charge on any atom is -0.505 e. The second-order valence-electron chi connectivity index (χ2n) is 6.09. The van der Waals surface area contributed by atoms with E-state index in [1.165, 1.54) is 10.7 Å². The Morgan fingerprint density at radius 2 is 2.12 bits per heavy atom. The SMILES string of the molecule is O=C(O)Cn1ccc([C@@H]2CCCN(C(=O)c3ccc(F)c(O)c3)C2)n1. The summed E-state index contributed by atoms with van der Waals surface area (Å²) in [5, 5.41) is 22.5. The van der Waals surface area contributed by atoms with Gasteiger partial charge in [-0.3, -0.25) is 14.3 Å². The summed E-state index contributed by atoms with van der Waals surface area (Å²) < 4.78 is 14.5. The van der Waals surface area contributed by atoms with Gasteiger partial charge in [-0.2, -0.15) is 5.10 Å². The largest absolute Gasteiger partial charge is 0.505 e. The van der Waals surface area contributed by atoms with Crippen LogP contribution in [0.5, 0.6) is 5.75 Å². The van der Waals surface area contributed by atoms with Gasteiger partial charge in [-0.25, -0.2) is 4.39 Å². The average Bonchev–Trinajstić information content (AvgIpc) is 3.04. The van der Waals surface area contributed by atoms with E-state index in [2.05, 4.69) is 5.10 Å². The van der Waals surface area contributed by atoms with E-state index in [4.69, 9.17) is 5.11 Å². The highest BCUT2D eigenvalue weighted by molar-refractivity contribution is 5.94. The van der Waals surface area contributed by atoms with Gasteiger partial charge >= 0.3 is 5.97 Å². The van der Waals surface area contributed by atoms with Crippen molar-refractivity contribution in [3.63, 3.8) is 0 Å². The fraction of sp³-hybridized carbons (Fsp3) is 0.353. The number of hydrogen-bond donors (Lipinski definition) is 2. The van der Waals surface area contributed by atoms with Crippen LogP contribution in [0, 0.1) is 5.82 Å². The third kappa shape index (κ3) is 3.78. The molecule has 1 atom stereocenters. The first kappa shape index (κ1) is 16.9. The molecule has 0 aliphatic carbocycles. The number of halogens is 1. The topological polar surface area (TPSA) is 95.7 Å². The van der Waals surface area contributed by atoms with Gasteiger partial charge in [-0.1, -0.05) is 0 Å². The predicted octanol–water partition coefficient (Wildman–Crippen LogP) is 1.83. The first-order chi connectivity index (χ1) is 11.9. The van der Waals surface area contributed by atoms with Gasteiger partial charge in [0.2, 0.25) is 0 Å². The summed E-state index contributed by atoms with van der Waals surface area (Å²) in [7, 11) is 0. The highest BCUT2D eigenvalue weighted by Crippen LogP contribution is 2.27. The van der Waals surface area contributed by atoms with Crippen LogP contribution in [0.15, 0.2) is 30.5 Å². The molecule has 7 nitrogen and oxygen atoms in total. The number of rotatable bonds is 4. The minimum atomic E-state index is -0.966. The number of aromatic hydroxyl groups is 1. The number of piperidine rings is 1. The van der Waals surface area contributed by atoms with E-state index >= 15 is 0 Å². The van der Waals surface area contributed by atoms with Gasteiger partial charge in [0.15, 0.2) is 11.6 Å². The molecule has 2 heterocycles. The van der Waals surface area contributed by atoms with E-state index in [-0.39, 0.29) is 23.9 Å². The maximum atomic E-state index is 13.2. The van der Waals surface area contributed by atoms with Crippen molar-refractivity contribution in [2.45, 2.75) is 25.3 Å². The zero-order valence-corrected chi connectivity index (χ0v) is 13.4. The third-order valence-electron chi connectivity index (χ3n) is 4.28. The summed E-state index contributed by atoms with van der Waals surface area (Å²) in [6.45, 7) is 0.814. The number of likely N-dealkylation sites (tertiary alicyclic amines) is 1. The highest BCUT2D eigenvalue weighted by Gasteiger charge is 2.27. The van der Waals surface area contributed by atoms with Crippen LogP contribution in [0.25, 0.3) is 0 Å². The molecule has 3 rings (SSSR count). The first-order valence-corrected chi connectivity index (χ1v) is 7.97. The molecule has 0 bridgehead atoms. The molecule has 2 N–H and O–H groups in total. The summed E-state index contributed by atoms with van der Waals surface area (Å²) in [6, 6.07) is 5.31. The van der Waals surface area contributed by atoms with Crippen LogP contribution in [-0.4, -0.2) is 49.9 Å². The summed E-state index contributed by atoms with van der Waals surface area (Å²) in [5.74, 6) is -2.54. The average molecular weight is 347 g/mol. The number of carboxylic acids is 1. The molecule has 1 amide bonds. The molecule has 2 aromatic rings. The number of benzene rings is 1. The van der Waals surface area contributed by atoms with Crippen molar-refractivity contribution in [3.05, 3.63) is 47.5 Å². The van der Waals surface area contributed by atoms with E-state index < -0.39 is 17.5 Å². The molecule has 1 fully saturated rings. The molecule has 25 heavy (non-hydrogen) atoms. The van der Waals surface area contributed by atoms with Crippen molar-refractivity contribution in [2.75, 3.05) is 13.1 Å². The summed E-state index contributed by atoms with van der Waals surface area (Å²) in [4.78, 5) is 25.0. The van der Waals surface area contributed by atoms with E-state index in [1.807, 2.05) is 0 Å². The molecule has 0 spiro atoms. The van der Waals surface area contributed by atoms with Crippen LogP contribution in [0.4, 0.5) is 4.39 Å². The Bertz CT molecular complexity index is 805. The molecule has 8 heteroatoms. The van der Waals surface area contributed by atoms with Crippen LogP contribution < -0.4 is 0 Å². The lowest BCUT2D eigenvalue weighted by atomic mass is 9.94. The van der Waals surface area contributed by atoms with Crippen molar-refractivity contribution in [3.8, 4) is 5.75 Å². The number of phenols is 1. The monoisotopic (exact) mass is 347 g/mol. The van der Waals surface area contributed by atoms with Crippen molar-refractivity contribution in [2.24, 2.45) is 0 Å². The lowest BCUT2D eigenvalue weighted by Crippen LogP contribution is -2.39.